The fraction of sp³-hybridized carbons (Fsp3) is 0.231. The molecule has 1 rings (SSSR count). The van der Waals surface area contributed by atoms with E-state index in [2.05, 4.69) is 0 Å². The molecule has 0 bridgehead atoms. The average Bonchev–Trinajstić information content (AvgIpc) is 2.45. The van der Waals surface area contributed by atoms with E-state index in [9.17, 15) is 14.4 Å². The zero-order chi connectivity index (χ0) is 15.8. The first kappa shape index (κ1) is 16.7. The van der Waals surface area contributed by atoms with E-state index in [1.807, 2.05) is 0 Å². The van der Waals surface area contributed by atoms with Gasteiger partial charge in [-0.05, 0) is 11.8 Å². The number of nitrogens with two attached hydrogens (primary N) is 1. The Balaban J connectivity index is 2.62. The van der Waals surface area contributed by atoms with E-state index in [0.29, 0.717) is 17.3 Å². The van der Waals surface area contributed by atoms with E-state index in [-0.39, 0.29) is 12.8 Å². The van der Waals surface area contributed by atoms with Gasteiger partial charge >= 0.3 is 5.97 Å². The molecule has 0 spiro atoms. The van der Waals surface area contributed by atoms with Crippen LogP contribution in [0.1, 0.15) is 23.2 Å². The van der Waals surface area contributed by atoms with E-state index in [0.717, 1.165) is 0 Å². The maximum Gasteiger partial charge on any atom is 0.356 e. The van der Waals surface area contributed by atoms with Crippen molar-refractivity contribution in [2.45, 2.75) is 18.3 Å². The molecule has 112 valence electrons. The van der Waals surface area contributed by atoms with Gasteiger partial charge in [0.1, 0.15) is 0 Å². The number of primary amides is 1. The Bertz CT molecular complexity index is 547. The molecule has 0 aliphatic rings. The van der Waals surface area contributed by atoms with E-state index < -0.39 is 28.3 Å². The quantitative estimate of drug-likeness (QED) is 0.394. The molecule has 0 unspecified atom stereocenters. The van der Waals surface area contributed by atoms with Crippen LogP contribution in [0.5, 0.6) is 0 Å². The van der Waals surface area contributed by atoms with Gasteiger partial charge in [0.15, 0.2) is 5.90 Å². The molecule has 0 aliphatic heterocycles. The maximum atomic E-state index is 11.9. The van der Waals surface area contributed by atoms with Crippen LogP contribution in [0, 0.1) is 5.41 Å². The van der Waals surface area contributed by atoms with Gasteiger partial charge in [0.05, 0.1) is 0 Å². The number of carboxylic acids is 1. The molecular weight excluding hydrogens is 296 g/mol. The van der Waals surface area contributed by atoms with Gasteiger partial charge in [0.2, 0.25) is 16.5 Å². The van der Waals surface area contributed by atoms with Gasteiger partial charge in [-0.25, -0.2) is 4.79 Å². The number of hydrogen-bond acceptors (Lipinski definition) is 6. The number of carbonyl (C=O) groups excluding carboxylic acids is 2. The van der Waals surface area contributed by atoms with Crippen molar-refractivity contribution in [1.29, 1.82) is 5.41 Å². The fourth-order valence-corrected chi connectivity index (χ4v) is 2.02. The summed E-state index contributed by atoms with van der Waals surface area (Å²) in [7, 11) is 0. The number of aliphatic carboxylic acids is 1. The number of benzene rings is 1. The van der Waals surface area contributed by atoms with Crippen molar-refractivity contribution in [3.63, 3.8) is 0 Å². The highest BCUT2D eigenvalue weighted by Gasteiger charge is 2.25. The van der Waals surface area contributed by atoms with Crippen molar-refractivity contribution >= 4 is 34.7 Å². The van der Waals surface area contributed by atoms with Crippen LogP contribution in [-0.2, 0) is 14.3 Å². The Labute approximate surface area is 125 Å². The maximum absolute atomic E-state index is 11.9. The summed E-state index contributed by atoms with van der Waals surface area (Å²) >= 11 is 0.451. The molecule has 7 nitrogen and oxygen atoms in total. The molecule has 0 aliphatic carbocycles. The number of rotatable bonds is 7. The minimum Gasteiger partial charge on any atom is -0.478 e. The van der Waals surface area contributed by atoms with Crippen molar-refractivity contribution in [2.75, 3.05) is 0 Å². The van der Waals surface area contributed by atoms with Crippen LogP contribution in [0.4, 0.5) is 0 Å². The molecule has 0 saturated heterocycles. The summed E-state index contributed by atoms with van der Waals surface area (Å²) in [4.78, 5) is 33.5. The Morgan fingerprint density at radius 3 is 2.38 bits per heavy atom. The number of carboxylic acid groups (broad SMARTS) is 1. The second kappa shape index (κ2) is 8.05. The zero-order valence-electron chi connectivity index (χ0n) is 10.9. The second-order valence-electron chi connectivity index (χ2n) is 3.95. The third kappa shape index (κ3) is 6.09. The monoisotopic (exact) mass is 310 g/mol. The molecule has 0 heterocycles. The fourth-order valence-electron chi connectivity index (χ4n) is 1.29. The number of thioether (sulfide) groups is 1. The highest BCUT2D eigenvalue weighted by molar-refractivity contribution is 8.15. The van der Waals surface area contributed by atoms with Gasteiger partial charge in [-0.1, -0.05) is 30.3 Å². The third-order valence-electron chi connectivity index (χ3n) is 2.27. The summed E-state index contributed by atoms with van der Waals surface area (Å²) in [5.74, 6) is -2.41. The Kier molecular flexibility index (Phi) is 6.41. The Morgan fingerprint density at radius 1 is 1.24 bits per heavy atom. The normalized spacial score (nSPS) is 11.4. The third-order valence-corrected chi connectivity index (χ3v) is 3.23. The number of ether oxygens (including phenoxy) is 1. The van der Waals surface area contributed by atoms with Crippen LogP contribution in [0.3, 0.4) is 0 Å². The van der Waals surface area contributed by atoms with E-state index >= 15 is 0 Å². The van der Waals surface area contributed by atoms with Crippen molar-refractivity contribution in [3.05, 3.63) is 35.9 Å². The summed E-state index contributed by atoms with van der Waals surface area (Å²) in [5, 5.41) is 16.0. The Morgan fingerprint density at radius 2 is 1.86 bits per heavy atom. The smallest absolute Gasteiger partial charge is 0.356 e. The Hall–Kier alpha value is -2.35. The lowest BCUT2D eigenvalue weighted by Crippen LogP contribution is -2.26. The number of carbonyl (C=O) groups is 3. The van der Waals surface area contributed by atoms with E-state index in [4.69, 9.17) is 21.0 Å². The molecule has 21 heavy (non-hydrogen) atoms. The SMILES string of the molecule is N=C(CCC(N)=O)O[C@@H](SC(=O)c1ccccc1)C(=O)O. The van der Waals surface area contributed by atoms with Crippen molar-refractivity contribution in [2.24, 2.45) is 5.73 Å². The van der Waals surface area contributed by atoms with Gasteiger partial charge < -0.3 is 15.6 Å². The lowest BCUT2D eigenvalue weighted by Gasteiger charge is -2.14. The minimum absolute atomic E-state index is 0.112. The van der Waals surface area contributed by atoms with E-state index in [1.165, 1.54) is 0 Å². The molecule has 1 amide bonds. The zero-order valence-corrected chi connectivity index (χ0v) is 11.8. The first-order chi connectivity index (χ1) is 9.90. The van der Waals surface area contributed by atoms with Gasteiger partial charge in [-0.15, -0.1) is 0 Å². The van der Waals surface area contributed by atoms with Crippen LogP contribution in [0.15, 0.2) is 30.3 Å². The molecule has 1 aromatic carbocycles. The summed E-state index contributed by atoms with van der Waals surface area (Å²) < 4.78 is 4.87. The first-order valence-corrected chi connectivity index (χ1v) is 6.79. The molecule has 1 atom stereocenters. The van der Waals surface area contributed by atoms with Crippen molar-refractivity contribution in [1.82, 2.24) is 0 Å². The van der Waals surface area contributed by atoms with Crippen LogP contribution in [0.2, 0.25) is 0 Å². The molecule has 4 N–H and O–H groups in total. The highest BCUT2D eigenvalue weighted by Crippen LogP contribution is 2.20. The van der Waals surface area contributed by atoms with Crippen LogP contribution in [-0.4, -0.2) is 33.4 Å². The lowest BCUT2D eigenvalue weighted by molar-refractivity contribution is -0.141. The minimum atomic E-state index is -1.54. The standard InChI is InChI=1S/C13H14N2O5S/c14-9(16)6-7-10(15)20-13(11(17)18)21-12(19)8-4-2-1-3-5-8/h1-5,13,15H,6-7H2,(H2,14,16)(H,17,18)/t13-/m0/s1. The number of nitrogens with one attached hydrogen (secondary N) is 1. The molecule has 0 fully saturated rings. The molecule has 0 aromatic heterocycles. The van der Waals surface area contributed by atoms with E-state index in [1.54, 1.807) is 30.3 Å². The average molecular weight is 310 g/mol. The van der Waals surface area contributed by atoms with Crippen LogP contribution in [0.25, 0.3) is 0 Å². The van der Waals surface area contributed by atoms with Crippen LogP contribution >= 0.6 is 11.8 Å². The first-order valence-electron chi connectivity index (χ1n) is 5.91. The number of hydrogen-bond donors (Lipinski definition) is 3. The van der Waals surface area contributed by atoms with Crippen LogP contribution < -0.4 is 5.73 Å². The summed E-state index contributed by atoms with van der Waals surface area (Å²) in [6.45, 7) is 0. The molecule has 1 aromatic rings. The van der Waals surface area contributed by atoms with Gasteiger partial charge in [-0.2, -0.15) is 0 Å². The van der Waals surface area contributed by atoms with Crippen molar-refractivity contribution in [3.8, 4) is 0 Å². The van der Waals surface area contributed by atoms with Gasteiger partial charge in [0.25, 0.3) is 0 Å². The van der Waals surface area contributed by atoms with Gasteiger partial charge in [-0.3, -0.25) is 15.0 Å². The molecular formula is C13H14N2O5S. The number of amides is 1. The highest BCUT2D eigenvalue weighted by atomic mass is 32.2. The predicted octanol–water partition coefficient (Wildman–Crippen LogP) is 1.23. The topological polar surface area (TPSA) is 131 Å². The largest absolute Gasteiger partial charge is 0.478 e. The molecule has 0 radical (unpaired) electrons. The second-order valence-corrected chi connectivity index (χ2v) is 4.98. The summed E-state index contributed by atoms with van der Waals surface area (Å²) in [5.41, 5.74) is 3.71. The predicted molar refractivity (Wildman–Crippen MR) is 77.0 cm³/mol. The van der Waals surface area contributed by atoms with Crippen molar-refractivity contribution < 1.29 is 24.2 Å². The van der Waals surface area contributed by atoms with Gasteiger partial charge in [0, 0.05) is 18.4 Å². The summed E-state index contributed by atoms with van der Waals surface area (Å²) in [6, 6.07) is 8.13. The summed E-state index contributed by atoms with van der Waals surface area (Å²) in [6.07, 6.45) is -0.234. The molecule has 8 heteroatoms. The molecule has 0 saturated carbocycles. The lowest BCUT2D eigenvalue weighted by atomic mass is 10.2.